The quantitative estimate of drug-likeness (QED) is 0.0459. The Morgan fingerprint density at radius 1 is 0.692 bits per heavy atom. The number of nitrogens with two attached hydrogens (primary N) is 2. The third kappa shape index (κ3) is 13.6. The second-order valence-corrected chi connectivity index (χ2v) is 23.0. The summed E-state index contributed by atoms with van der Waals surface area (Å²) in [6.07, 6.45) is -2.93. The first-order valence-electron chi connectivity index (χ1n) is 26.6. The summed E-state index contributed by atoms with van der Waals surface area (Å²) in [6.45, 7) is 20.1. The first kappa shape index (κ1) is 57.5. The highest BCUT2D eigenvalue weighted by Gasteiger charge is 2.46. The van der Waals surface area contributed by atoms with Gasteiger partial charge >= 0.3 is 12.1 Å². The van der Waals surface area contributed by atoms with Crippen LogP contribution in [0.2, 0.25) is 0 Å². The maximum absolute atomic E-state index is 13.0. The fraction of sp³-hybridized carbons (Fsp3) is 0.556. The molecule has 2 aliphatic heterocycles. The van der Waals surface area contributed by atoms with Gasteiger partial charge in [-0.15, -0.1) is 0 Å². The summed E-state index contributed by atoms with van der Waals surface area (Å²) in [5, 5.41) is 56.2. The normalized spacial score (nSPS) is 22.3. The Morgan fingerprint density at radius 2 is 1.24 bits per heavy atom. The SMILES string of the molecule is CC(C)CN(CCCNC(=O)Nc1ccc(C(C)(C)C)cc1)C[C@H]1O[C@@H](n2cnc3c(N)nc(CC(C)(C)c4ccc(NC(=O)NCC(C)CN(C)C[C@H]5O[C@@H](n6cnc7c(N)ncnc76)[C@H](O)[C@@H]5O)cc4)nc32)[C@H](O)[C@@H]1O. The molecular formula is C54H78N16O8. The van der Waals surface area contributed by atoms with E-state index in [1.54, 1.807) is 9.13 Å². The fourth-order valence-electron chi connectivity index (χ4n) is 10.2. The summed E-state index contributed by atoms with van der Waals surface area (Å²) < 4.78 is 15.7. The molecule has 24 nitrogen and oxygen atoms in total. The number of benzene rings is 2. The molecule has 2 aliphatic rings. The van der Waals surface area contributed by atoms with Crippen molar-refractivity contribution in [1.29, 1.82) is 0 Å². The predicted molar refractivity (Wildman–Crippen MR) is 296 cm³/mol. The number of hydrogen-bond acceptors (Lipinski definition) is 18. The molecule has 1 unspecified atom stereocenters. The van der Waals surface area contributed by atoms with E-state index >= 15 is 0 Å². The van der Waals surface area contributed by atoms with Crippen molar-refractivity contribution in [3.05, 3.63) is 84.5 Å². The maximum Gasteiger partial charge on any atom is 0.319 e. The summed E-state index contributed by atoms with van der Waals surface area (Å²) in [7, 11) is 1.88. The van der Waals surface area contributed by atoms with Crippen LogP contribution in [0.3, 0.4) is 0 Å². The average Bonchev–Trinajstić information content (AvgIpc) is 4.20. The van der Waals surface area contributed by atoms with Crippen LogP contribution < -0.4 is 32.7 Å². The molecule has 0 saturated carbocycles. The second-order valence-electron chi connectivity index (χ2n) is 23.0. The second kappa shape index (κ2) is 24.2. The van der Waals surface area contributed by atoms with Gasteiger partial charge in [0.25, 0.3) is 0 Å². The van der Waals surface area contributed by atoms with Gasteiger partial charge in [-0.3, -0.25) is 9.13 Å². The Morgan fingerprint density at radius 3 is 1.83 bits per heavy atom. The number of nitrogens with zero attached hydrogens (tertiary/aromatic N) is 10. The zero-order chi connectivity index (χ0) is 56.2. The van der Waals surface area contributed by atoms with E-state index in [4.69, 9.17) is 25.9 Å². The van der Waals surface area contributed by atoms with Crippen molar-refractivity contribution in [3.8, 4) is 0 Å². The van der Waals surface area contributed by atoms with E-state index in [0.29, 0.717) is 104 Å². The van der Waals surface area contributed by atoms with Crippen molar-refractivity contribution in [2.75, 3.05) is 75.0 Å². The molecule has 0 aliphatic carbocycles. The number of aromatic nitrogens is 8. The largest absolute Gasteiger partial charge is 0.387 e. The number of carbonyl (C=O) groups is 2. The average molecular weight is 1080 g/mol. The molecule has 78 heavy (non-hydrogen) atoms. The van der Waals surface area contributed by atoms with Crippen LogP contribution in [0.1, 0.15) is 91.2 Å². The van der Waals surface area contributed by atoms with Crippen LogP contribution in [-0.2, 0) is 26.7 Å². The molecule has 4 aromatic heterocycles. The third-order valence-electron chi connectivity index (χ3n) is 14.4. The standard InChI is InChI=1S/C54H78N16O8/c1-30(2)23-68(20-10-19-57-51(75)63-34-15-11-32(12-16-34)53(4,5)6)26-37-42(72)44(74)50(78-37)70-29-62-40-46(56)65-38(66-48(40)70)21-54(7,8)33-13-17-35(18-14-33)64-52(76)58-22-31(3)24-67(9)25-36-41(71)43(73)49(77-36)69-28-61-39-45(55)59-27-60-47(39)69/h11-18,27-31,36-37,41-44,49-50,71-74H,10,19-26H2,1-9H3,(H2,55,59,60)(H2,56,65,66)(H2,57,63,75)(H2,58,64,76)/t31?,36-,37-,41-,42-,43-,44-,49-,50-/m1/s1. The molecule has 8 rings (SSSR count). The number of carbonyl (C=O) groups excluding carboxylic acids is 2. The van der Waals surface area contributed by atoms with Gasteiger partial charge in [-0.05, 0) is 78.1 Å². The van der Waals surface area contributed by atoms with Crippen molar-refractivity contribution < 1.29 is 39.5 Å². The number of likely N-dealkylation sites (N-methyl/N-ethyl adjacent to an activating group) is 1. The summed E-state index contributed by atoms with van der Waals surface area (Å²) in [4.78, 5) is 56.3. The van der Waals surface area contributed by atoms with E-state index < -0.39 is 54.5 Å². The monoisotopic (exact) mass is 1080 g/mol. The van der Waals surface area contributed by atoms with Crippen LogP contribution in [0, 0.1) is 11.8 Å². The van der Waals surface area contributed by atoms with Crippen molar-refractivity contribution >= 4 is 57.4 Å². The highest BCUT2D eigenvalue weighted by Crippen LogP contribution is 2.35. The Hall–Kier alpha value is -6.64. The van der Waals surface area contributed by atoms with Crippen LogP contribution in [-0.4, -0.2) is 171 Å². The van der Waals surface area contributed by atoms with Gasteiger partial charge in [-0.2, -0.15) is 0 Å². The molecule has 12 N–H and O–H groups in total. The van der Waals surface area contributed by atoms with E-state index in [1.165, 1.54) is 24.5 Å². The Balaban J connectivity index is 0.803. The number of hydrogen-bond donors (Lipinski definition) is 10. The number of fused-ring (bicyclic) bond motifs is 2. The molecule has 2 aromatic carbocycles. The van der Waals surface area contributed by atoms with Gasteiger partial charge in [-0.1, -0.05) is 79.7 Å². The molecule has 9 atom stereocenters. The van der Waals surface area contributed by atoms with Gasteiger partial charge in [0.15, 0.2) is 35.4 Å². The van der Waals surface area contributed by atoms with E-state index in [9.17, 15) is 30.0 Å². The van der Waals surface area contributed by atoms with Crippen LogP contribution in [0.4, 0.5) is 32.6 Å². The van der Waals surface area contributed by atoms with Gasteiger partial charge in [-0.25, -0.2) is 39.5 Å². The van der Waals surface area contributed by atoms with E-state index in [1.807, 2.05) is 67.4 Å². The lowest BCUT2D eigenvalue weighted by molar-refractivity contribution is -0.0450. The maximum atomic E-state index is 13.0. The van der Waals surface area contributed by atoms with Gasteiger partial charge in [0.05, 0.1) is 12.7 Å². The van der Waals surface area contributed by atoms with Gasteiger partial charge in [0.1, 0.15) is 59.8 Å². The lowest BCUT2D eigenvalue weighted by Crippen LogP contribution is -2.42. The van der Waals surface area contributed by atoms with Crippen molar-refractivity contribution in [1.82, 2.24) is 59.5 Å². The first-order chi connectivity index (χ1) is 36.9. The lowest BCUT2D eigenvalue weighted by atomic mass is 9.81. The lowest BCUT2D eigenvalue weighted by Gasteiger charge is -2.28. The Kier molecular flexibility index (Phi) is 17.8. The number of anilines is 4. The summed E-state index contributed by atoms with van der Waals surface area (Å²) in [6, 6.07) is 14.7. The molecule has 0 spiro atoms. The number of rotatable bonds is 21. The number of ether oxygens (including phenoxy) is 2. The van der Waals surface area contributed by atoms with E-state index in [-0.39, 0.29) is 35.0 Å². The zero-order valence-corrected chi connectivity index (χ0v) is 46.0. The van der Waals surface area contributed by atoms with Crippen LogP contribution >= 0.6 is 0 Å². The number of urea groups is 2. The van der Waals surface area contributed by atoms with Crippen molar-refractivity contribution in [2.45, 2.75) is 128 Å². The first-order valence-corrected chi connectivity index (χ1v) is 26.6. The van der Waals surface area contributed by atoms with Gasteiger partial charge in [0, 0.05) is 57.1 Å². The third-order valence-corrected chi connectivity index (χ3v) is 14.4. The summed E-state index contributed by atoms with van der Waals surface area (Å²) >= 11 is 0. The number of aliphatic hydroxyl groups excluding tert-OH is 4. The fourth-order valence-corrected chi connectivity index (χ4v) is 10.2. The minimum atomic E-state index is -1.29. The highest BCUT2D eigenvalue weighted by molar-refractivity contribution is 5.90. The van der Waals surface area contributed by atoms with Crippen LogP contribution in [0.15, 0.2) is 67.5 Å². The minimum Gasteiger partial charge on any atom is -0.387 e. The number of amides is 4. The summed E-state index contributed by atoms with van der Waals surface area (Å²) in [5.74, 6) is 1.15. The predicted octanol–water partition coefficient (Wildman–Crippen LogP) is 3.75. The topological polar surface area (TPSA) is 327 Å². The van der Waals surface area contributed by atoms with Crippen LogP contribution in [0.5, 0.6) is 0 Å². The van der Waals surface area contributed by atoms with E-state index in [0.717, 1.165) is 5.56 Å². The highest BCUT2D eigenvalue weighted by atomic mass is 16.6. The van der Waals surface area contributed by atoms with Gasteiger partial charge < -0.3 is 72.4 Å². The van der Waals surface area contributed by atoms with Crippen molar-refractivity contribution in [3.63, 3.8) is 0 Å². The number of nitrogen functional groups attached to an aromatic ring is 2. The Labute approximate surface area is 454 Å². The molecule has 422 valence electrons. The van der Waals surface area contributed by atoms with E-state index in [2.05, 4.69) is 99.6 Å². The smallest absolute Gasteiger partial charge is 0.319 e. The molecule has 6 aromatic rings. The molecule has 6 heterocycles. The number of imidazole rings is 2. The number of aliphatic hydroxyl groups is 4. The van der Waals surface area contributed by atoms with Crippen LogP contribution in [0.25, 0.3) is 22.3 Å². The minimum absolute atomic E-state index is 0.0160. The Bertz CT molecular complexity index is 2980. The molecular weight excluding hydrogens is 1000 g/mol. The number of nitrogens with one attached hydrogen (secondary N) is 4. The molecule has 4 amide bonds. The van der Waals surface area contributed by atoms with Crippen molar-refractivity contribution in [2.24, 2.45) is 11.8 Å². The molecule has 0 radical (unpaired) electrons. The molecule has 2 fully saturated rings. The molecule has 2 saturated heterocycles. The molecule has 24 heteroatoms. The van der Waals surface area contributed by atoms with Gasteiger partial charge in [0.2, 0.25) is 0 Å². The molecule has 0 bridgehead atoms. The summed E-state index contributed by atoms with van der Waals surface area (Å²) in [5.41, 5.74) is 16.9. The zero-order valence-electron chi connectivity index (χ0n) is 46.0.